The Labute approximate surface area is 116 Å². The lowest BCUT2D eigenvalue weighted by Gasteiger charge is -2.31. The normalized spacial score (nSPS) is 16.6. The average Bonchev–Trinajstić information content (AvgIpc) is 2.92. The smallest absolute Gasteiger partial charge is 0.272 e. The largest absolute Gasteiger partial charge is 0.489 e. The highest BCUT2D eigenvalue weighted by Gasteiger charge is 2.24. The van der Waals surface area contributed by atoms with Crippen LogP contribution in [-0.4, -0.2) is 30.8 Å². The third-order valence-corrected chi connectivity index (χ3v) is 3.47. The molecule has 6 nitrogen and oxygen atoms in total. The van der Waals surface area contributed by atoms with Gasteiger partial charge >= 0.3 is 0 Å². The lowest BCUT2D eigenvalue weighted by molar-refractivity contribution is -0.384. The maximum atomic E-state index is 11.0. The number of rotatable bonds is 3. The number of aryl methyl sites for hydroxylation is 1. The van der Waals surface area contributed by atoms with Crippen molar-refractivity contribution in [3.63, 3.8) is 0 Å². The molecule has 0 saturated heterocycles. The van der Waals surface area contributed by atoms with Gasteiger partial charge < -0.3 is 9.64 Å². The maximum Gasteiger partial charge on any atom is 0.272 e. The van der Waals surface area contributed by atoms with Gasteiger partial charge in [-0.15, -0.1) is 0 Å². The van der Waals surface area contributed by atoms with E-state index in [0.717, 1.165) is 29.1 Å². The van der Waals surface area contributed by atoms with Gasteiger partial charge in [-0.05, 0) is 12.5 Å². The summed E-state index contributed by atoms with van der Waals surface area (Å²) in [7, 11) is 0. The molecule has 2 aliphatic heterocycles. The zero-order valence-electron chi connectivity index (χ0n) is 11.2. The summed E-state index contributed by atoms with van der Waals surface area (Å²) in [5.74, 6) is 0.740. The number of fused-ring (bicyclic) bond motifs is 1. The van der Waals surface area contributed by atoms with Gasteiger partial charge in [-0.3, -0.25) is 15.1 Å². The van der Waals surface area contributed by atoms with Crippen molar-refractivity contribution in [2.45, 2.75) is 13.3 Å². The number of allylic oxidation sites excluding steroid dienone is 1. The molecule has 0 bridgehead atoms. The first-order valence-electron chi connectivity index (χ1n) is 6.53. The molecular weight excluding hydrogens is 258 g/mol. The van der Waals surface area contributed by atoms with Crippen LogP contribution in [0.5, 0.6) is 5.75 Å². The van der Waals surface area contributed by atoms with Crippen LogP contribution in [0.4, 0.5) is 11.4 Å². The van der Waals surface area contributed by atoms with E-state index in [1.807, 2.05) is 13.1 Å². The first kappa shape index (κ1) is 12.7. The van der Waals surface area contributed by atoms with Gasteiger partial charge in [0.1, 0.15) is 12.4 Å². The summed E-state index contributed by atoms with van der Waals surface area (Å²) in [5.41, 5.74) is 2.68. The van der Waals surface area contributed by atoms with Crippen molar-refractivity contribution in [2.24, 2.45) is 4.99 Å². The minimum Gasteiger partial charge on any atom is -0.489 e. The minimum atomic E-state index is -0.368. The van der Waals surface area contributed by atoms with Crippen LogP contribution in [0.15, 0.2) is 28.9 Å². The van der Waals surface area contributed by atoms with E-state index in [1.165, 1.54) is 0 Å². The van der Waals surface area contributed by atoms with E-state index in [1.54, 1.807) is 12.1 Å². The van der Waals surface area contributed by atoms with Crippen LogP contribution in [-0.2, 0) is 0 Å². The molecule has 1 aromatic rings. The molecule has 0 N–H and O–H groups in total. The highest BCUT2D eigenvalue weighted by molar-refractivity contribution is 5.69. The fourth-order valence-electron chi connectivity index (χ4n) is 2.52. The van der Waals surface area contributed by atoms with Crippen molar-refractivity contribution in [1.82, 2.24) is 0 Å². The fraction of sp³-hybridized carbons (Fsp3) is 0.357. The zero-order valence-corrected chi connectivity index (χ0v) is 11.2. The Kier molecular flexibility index (Phi) is 3.14. The monoisotopic (exact) mass is 273 g/mol. The topological polar surface area (TPSA) is 68.0 Å². The second-order valence-electron chi connectivity index (χ2n) is 4.88. The summed E-state index contributed by atoms with van der Waals surface area (Å²) >= 11 is 0. The third kappa shape index (κ3) is 2.24. The van der Waals surface area contributed by atoms with Gasteiger partial charge in [-0.2, -0.15) is 0 Å². The zero-order chi connectivity index (χ0) is 14.1. The molecule has 0 aliphatic carbocycles. The van der Waals surface area contributed by atoms with E-state index in [4.69, 9.17) is 4.74 Å². The number of aliphatic imine (C=N–C) groups is 1. The molecule has 2 heterocycles. The number of hydrogen-bond acceptors (Lipinski definition) is 5. The van der Waals surface area contributed by atoms with Crippen molar-refractivity contribution >= 4 is 17.6 Å². The first-order valence-corrected chi connectivity index (χ1v) is 6.53. The maximum absolute atomic E-state index is 11.0. The highest BCUT2D eigenvalue weighted by Crippen LogP contribution is 2.38. The van der Waals surface area contributed by atoms with Crippen LogP contribution in [0.1, 0.15) is 12.0 Å². The van der Waals surface area contributed by atoms with Crippen molar-refractivity contribution in [3.8, 4) is 5.75 Å². The second kappa shape index (κ2) is 4.96. The van der Waals surface area contributed by atoms with Crippen molar-refractivity contribution in [1.29, 1.82) is 0 Å². The molecule has 0 amide bonds. The molecule has 0 spiro atoms. The molecule has 1 aromatic carbocycles. The molecule has 0 atom stereocenters. The van der Waals surface area contributed by atoms with Gasteiger partial charge in [-0.1, -0.05) is 6.08 Å². The Morgan fingerprint density at radius 1 is 1.50 bits per heavy atom. The van der Waals surface area contributed by atoms with Crippen molar-refractivity contribution < 1.29 is 9.66 Å². The Morgan fingerprint density at radius 2 is 2.35 bits per heavy atom. The van der Waals surface area contributed by atoms with E-state index < -0.39 is 0 Å². The van der Waals surface area contributed by atoms with Gasteiger partial charge in [0.25, 0.3) is 5.69 Å². The lowest BCUT2D eigenvalue weighted by atomic mass is 10.1. The lowest BCUT2D eigenvalue weighted by Crippen LogP contribution is -2.34. The number of anilines is 1. The van der Waals surface area contributed by atoms with E-state index in [0.29, 0.717) is 19.7 Å². The number of non-ortho nitro benzene ring substituents is 1. The van der Waals surface area contributed by atoms with E-state index in [9.17, 15) is 10.1 Å². The van der Waals surface area contributed by atoms with Crippen molar-refractivity contribution in [2.75, 3.05) is 24.6 Å². The molecular formula is C14H15N3O3. The van der Waals surface area contributed by atoms with Crippen LogP contribution >= 0.6 is 0 Å². The van der Waals surface area contributed by atoms with Gasteiger partial charge in [0.2, 0.25) is 0 Å². The number of nitro benzene ring substituents is 1. The molecule has 0 fully saturated rings. The number of nitrogens with zero attached hydrogens (tertiary/aromatic N) is 3. The Morgan fingerprint density at radius 3 is 3.05 bits per heavy atom. The molecule has 104 valence electrons. The van der Waals surface area contributed by atoms with E-state index in [-0.39, 0.29) is 10.6 Å². The van der Waals surface area contributed by atoms with Gasteiger partial charge in [0, 0.05) is 24.8 Å². The summed E-state index contributed by atoms with van der Waals surface area (Å²) in [6, 6.07) is 3.13. The number of ether oxygens (including phenoxy) is 1. The molecule has 0 unspecified atom stereocenters. The van der Waals surface area contributed by atoms with Crippen LogP contribution in [0, 0.1) is 17.0 Å². The molecule has 20 heavy (non-hydrogen) atoms. The van der Waals surface area contributed by atoms with Gasteiger partial charge in [0.15, 0.2) is 0 Å². The molecule has 0 radical (unpaired) electrons. The predicted octanol–water partition coefficient (Wildman–Crippen LogP) is 2.46. The summed E-state index contributed by atoms with van der Waals surface area (Å²) in [6.45, 7) is 3.79. The SMILES string of the molecule is Cc1cc([N+](=O)[O-])cc2c1OCCN2CC1=CCC=N1. The number of hydrogen-bond donors (Lipinski definition) is 0. The van der Waals surface area contributed by atoms with Gasteiger partial charge in [0.05, 0.1) is 29.4 Å². The molecule has 2 aliphatic rings. The summed E-state index contributed by atoms with van der Waals surface area (Å²) in [5, 5.41) is 11.0. The number of benzene rings is 1. The van der Waals surface area contributed by atoms with Crippen LogP contribution in [0.25, 0.3) is 0 Å². The summed E-state index contributed by atoms with van der Waals surface area (Å²) in [6.07, 6.45) is 4.80. The first-order chi connectivity index (χ1) is 9.65. The fourth-order valence-corrected chi connectivity index (χ4v) is 2.52. The summed E-state index contributed by atoms with van der Waals surface area (Å²) in [4.78, 5) is 17.0. The Balaban J connectivity index is 1.97. The number of nitro groups is 1. The van der Waals surface area contributed by atoms with Crippen LogP contribution < -0.4 is 9.64 Å². The van der Waals surface area contributed by atoms with E-state index in [2.05, 4.69) is 16.0 Å². The molecule has 0 saturated carbocycles. The highest BCUT2D eigenvalue weighted by atomic mass is 16.6. The van der Waals surface area contributed by atoms with E-state index >= 15 is 0 Å². The quantitative estimate of drug-likeness (QED) is 0.626. The Hall–Kier alpha value is -2.37. The summed E-state index contributed by atoms with van der Waals surface area (Å²) < 4.78 is 5.66. The van der Waals surface area contributed by atoms with Crippen LogP contribution in [0.3, 0.4) is 0 Å². The standard InChI is InChI=1S/C14H15N3O3/c1-10-7-12(17(18)19)8-13-14(10)20-6-5-16(13)9-11-3-2-4-15-11/h3-4,7-8H,2,5-6,9H2,1H3. The third-order valence-electron chi connectivity index (χ3n) is 3.47. The molecule has 6 heteroatoms. The Bertz CT molecular complexity index is 622. The predicted molar refractivity (Wildman–Crippen MR) is 76.7 cm³/mol. The van der Waals surface area contributed by atoms with Gasteiger partial charge in [-0.25, -0.2) is 0 Å². The van der Waals surface area contributed by atoms with Crippen LogP contribution in [0.2, 0.25) is 0 Å². The second-order valence-corrected chi connectivity index (χ2v) is 4.88. The minimum absolute atomic E-state index is 0.0978. The van der Waals surface area contributed by atoms with Crippen molar-refractivity contribution in [3.05, 3.63) is 39.6 Å². The average molecular weight is 273 g/mol. The molecule has 3 rings (SSSR count). The molecule has 0 aromatic heterocycles.